The predicted octanol–water partition coefficient (Wildman–Crippen LogP) is 2.85. The first-order chi connectivity index (χ1) is 8.66. The maximum atomic E-state index is 11.7. The van der Waals surface area contributed by atoms with Gasteiger partial charge in [-0.25, -0.2) is 4.79 Å². The van der Waals surface area contributed by atoms with Crippen LogP contribution in [0.15, 0.2) is 51.7 Å². The smallest absolute Gasteiger partial charge is 0.344 e. The molecule has 0 saturated carbocycles. The van der Waals surface area contributed by atoms with Gasteiger partial charge in [-0.1, -0.05) is 18.2 Å². The number of hydrogen-bond acceptors (Lipinski definition) is 4. The molecule has 0 atom stereocenters. The van der Waals surface area contributed by atoms with Gasteiger partial charge in [0.25, 0.3) is 5.69 Å². The fourth-order valence-electron chi connectivity index (χ4n) is 1.98. The third-order valence-electron chi connectivity index (χ3n) is 2.81. The highest BCUT2D eigenvalue weighted by Gasteiger charge is 2.11. The quantitative estimate of drug-likeness (QED) is 0.284. The van der Waals surface area contributed by atoms with Crippen LogP contribution in [0.5, 0.6) is 0 Å². The zero-order chi connectivity index (χ0) is 12.7. The summed E-state index contributed by atoms with van der Waals surface area (Å²) in [7, 11) is 0. The Kier molecular flexibility index (Phi) is 2.13. The Morgan fingerprint density at radius 3 is 2.56 bits per heavy atom. The Balaban J connectivity index is 2.55. The number of rotatable bonds is 1. The van der Waals surface area contributed by atoms with Crippen LogP contribution in [0.2, 0.25) is 0 Å². The van der Waals surface area contributed by atoms with Crippen molar-refractivity contribution in [1.29, 1.82) is 0 Å². The van der Waals surface area contributed by atoms with Gasteiger partial charge in [0.05, 0.1) is 10.3 Å². The van der Waals surface area contributed by atoms with Gasteiger partial charge in [0, 0.05) is 22.9 Å². The lowest BCUT2D eigenvalue weighted by molar-refractivity contribution is -0.384. The molecule has 0 saturated heterocycles. The minimum atomic E-state index is -0.487. The number of non-ortho nitro benzene ring substituents is 1. The Hall–Kier alpha value is -2.69. The summed E-state index contributed by atoms with van der Waals surface area (Å²) in [6, 6.07) is 11.1. The van der Waals surface area contributed by atoms with Gasteiger partial charge in [-0.05, 0) is 12.1 Å². The second-order valence-electron chi connectivity index (χ2n) is 3.87. The molecule has 1 heterocycles. The Morgan fingerprint density at radius 2 is 1.78 bits per heavy atom. The molecule has 5 nitrogen and oxygen atoms in total. The first kappa shape index (κ1) is 10.5. The van der Waals surface area contributed by atoms with Crippen molar-refractivity contribution in [2.24, 2.45) is 0 Å². The first-order valence-electron chi connectivity index (χ1n) is 5.27. The summed E-state index contributed by atoms with van der Waals surface area (Å²) in [5.41, 5.74) is -0.104. The van der Waals surface area contributed by atoms with Crippen molar-refractivity contribution in [2.45, 2.75) is 0 Å². The third kappa shape index (κ3) is 1.45. The zero-order valence-electron chi connectivity index (χ0n) is 9.12. The third-order valence-corrected chi connectivity index (χ3v) is 2.81. The van der Waals surface area contributed by atoms with E-state index < -0.39 is 10.5 Å². The molecule has 0 aliphatic heterocycles. The van der Waals surface area contributed by atoms with Crippen molar-refractivity contribution in [3.63, 3.8) is 0 Å². The molecule has 0 radical (unpaired) electrons. The monoisotopic (exact) mass is 241 g/mol. The lowest BCUT2D eigenvalue weighted by atomic mass is 10.1. The van der Waals surface area contributed by atoms with E-state index in [1.165, 1.54) is 18.2 Å². The average Bonchev–Trinajstić information content (AvgIpc) is 2.38. The molecule has 0 N–H and O–H groups in total. The molecule has 3 aromatic rings. The molecule has 0 fully saturated rings. The number of fused-ring (bicyclic) bond motifs is 3. The van der Waals surface area contributed by atoms with Crippen molar-refractivity contribution in [2.75, 3.05) is 0 Å². The van der Waals surface area contributed by atoms with Crippen LogP contribution in [-0.2, 0) is 0 Å². The molecule has 0 bridgehead atoms. The average molecular weight is 241 g/mol. The van der Waals surface area contributed by atoms with Crippen LogP contribution < -0.4 is 5.63 Å². The lowest BCUT2D eigenvalue weighted by Gasteiger charge is -2.01. The largest absolute Gasteiger partial charge is 0.422 e. The van der Waals surface area contributed by atoms with E-state index in [-0.39, 0.29) is 5.69 Å². The van der Waals surface area contributed by atoms with Gasteiger partial charge in [-0.2, -0.15) is 0 Å². The summed E-state index contributed by atoms with van der Waals surface area (Å²) in [5, 5.41) is 12.3. The van der Waals surface area contributed by atoms with Crippen molar-refractivity contribution in [1.82, 2.24) is 0 Å². The Bertz CT molecular complexity index is 835. The number of benzene rings is 2. The minimum Gasteiger partial charge on any atom is -0.422 e. The van der Waals surface area contributed by atoms with Gasteiger partial charge in [-0.15, -0.1) is 0 Å². The Morgan fingerprint density at radius 1 is 1.00 bits per heavy atom. The van der Waals surface area contributed by atoms with Crippen molar-refractivity contribution >= 4 is 27.4 Å². The summed E-state index contributed by atoms with van der Waals surface area (Å²) in [5.74, 6) is 0. The molecule has 0 amide bonds. The first-order valence-corrected chi connectivity index (χ1v) is 5.27. The molecule has 0 aliphatic carbocycles. The summed E-state index contributed by atoms with van der Waals surface area (Å²) in [6.45, 7) is 0. The number of nitro benzene ring substituents is 1. The van der Waals surface area contributed by atoms with Gasteiger partial charge < -0.3 is 4.42 Å². The van der Waals surface area contributed by atoms with E-state index in [4.69, 9.17) is 4.42 Å². The van der Waals surface area contributed by atoms with Crippen molar-refractivity contribution in [3.8, 4) is 0 Å². The molecule has 5 heteroatoms. The molecular formula is C13H7NO4. The molecule has 3 rings (SSSR count). The van der Waals surface area contributed by atoms with Gasteiger partial charge >= 0.3 is 5.63 Å². The normalized spacial score (nSPS) is 10.9. The fourth-order valence-corrected chi connectivity index (χ4v) is 1.98. The van der Waals surface area contributed by atoms with Crippen LogP contribution in [0.4, 0.5) is 5.69 Å². The van der Waals surface area contributed by atoms with Gasteiger partial charge in [0.15, 0.2) is 0 Å². The highest BCUT2D eigenvalue weighted by atomic mass is 16.6. The van der Waals surface area contributed by atoms with Gasteiger partial charge in [0.1, 0.15) is 5.58 Å². The van der Waals surface area contributed by atoms with E-state index in [1.54, 1.807) is 24.3 Å². The van der Waals surface area contributed by atoms with Crippen LogP contribution in [0.25, 0.3) is 21.7 Å². The highest BCUT2D eigenvalue weighted by molar-refractivity contribution is 6.04. The van der Waals surface area contributed by atoms with E-state index in [1.807, 2.05) is 0 Å². The second-order valence-corrected chi connectivity index (χ2v) is 3.87. The second kappa shape index (κ2) is 3.66. The molecule has 18 heavy (non-hydrogen) atoms. The molecule has 88 valence electrons. The van der Waals surface area contributed by atoms with Crippen molar-refractivity contribution in [3.05, 3.63) is 63.0 Å². The SMILES string of the molecule is O=c1oc2ccccc2c2cc([N+](=O)[O-])ccc12. The maximum absolute atomic E-state index is 11.7. The van der Waals surface area contributed by atoms with E-state index in [2.05, 4.69) is 0 Å². The molecule has 2 aromatic carbocycles. The number of nitro groups is 1. The summed E-state index contributed by atoms with van der Waals surface area (Å²) in [6.07, 6.45) is 0. The highest BCUT2D eigenvalue weighted by Crippen LogP contribution is 2.25. The van der Waals surface area contributed by atoms with Crippen LogP contribution in [0.3, 0.4) is 0 Å². The number of hydrogen-bond donors (Lipinski definition) is 0. The topological polar surface area (TPSA) is 73.3 Å². The van der Waals surface area contributed by atoms with E-state index in [0.29, 0.717) is 21.7 Å². The zero-order valence-corrected chi connectivity index (χ0v) is 9.12. The van der Waals surface area contributed by atoms with E-state index in [9.17, 15) is 14.9 Å². The molecule has 0 unspecified atom stereocenters. The van der Waals surface area contributed by atoms with Crippen LogP contribution in [0, 0.1) is 10.1 Å². The van der Waals surface area contributed by atoms with Gasteiger partial charge in [0.2, 0.25) is 0 Å². The van der Waals surface area contributed by atoms with Gasteiger partial charge in [-0.3, -0.25) is 10.1 Å². The summed E-state index contributed by atoms with van der Waals surface area (Å²) < 4.78 is 5.15. The van der Waals surface area contributed by atoms with Crippen LogP contribution in [0.1, 0.15) is 0 Å². The fraction of sp³-hybridized carbons (Fsp3) is 0. The van der Waals surface area contributed by atoms with Crippen LogP contribution >= 0.6 is 0 Å². The predicted molar refractivity (Wildman–Crippen MR) is 66.6 cm³/mol. The number of nitrogens with zero attached hydrogens (tertiary/aromatic N) is 1. The molecule has 0 spiro atoms. The minimum absolute atomic E-state index is 0.0433. The lowest BCUT2D eigenvalue weighted by Crippen LogP contribution is -2.00. The molecule has 0 aliphatic rings. The van der Waals surface area contributed by atoms with E-state index in [0.717, 1.165) is 0 Å². The van der Waals surface area contributed by atoms with E-state index >= 15 is 0 Å². The van der Waals surface area contributed by atoms with Crippen molar-refractivity contribution < 1.29 is 9.34 Å². The van der Waals surface area contributed by atoms with Crippen LogP contribution in [-0.4, -0.2) is 4.92 Å². The molecule has 1 aromatic heterocycles. The molecular weight excluding hydrogens is 234 g/mol. The number of para-hydroxylation sites is 1. The summed E-state index contributed by atoms with van der Waals surface area (Å²) >= 11 is 0. The summed E-state index contributed by atoms with van der Waals surface area (Å²) in [4.78, 5) is 22.0. The standard InChI is InChI=1S/C13H7NO4/c15-13-10-6-5-8(14(16)17)7-11(10)9-3-1-2-4-12(9)18-13/h1-7H. The maximum Gasteiger partial charge on any atom is 0.344 e. The Labute approximate surface area is 100 Å².